The fraction of sp³-hybridized carbons (Fsp3) is 0.333. The second-order valence-electron chi connectivity index (χ2n) is 2.76. The molecule has 1 atom stereocenters. The lowest BCUT2D eigenvalue weighted by Crippen LogP contribution is -2.07. The Bertz CT molecular complexity index is 293. The Kier molecular flexibility index (Phi) is 3.84. The summed E-state index contributed by atoms with van der Waals surface area (Å²) in [6.45, 7) is 0.379. The number of aliphatic hydroxyl groups is 1. The van der Waals surface area contributed by atoms with E-state index in [9.17, 15) is 9.50 Å². The van der Waals surface area contributed by atoms with Gasteiger partial charge in [-0.15, -0.1) is 0 Å². The maximum atomic E-state index is 12.8. The maximum Gasteiger partial charge on any atom is 0.123 e. The third-order valence-electron chi connectivity index (χ3n) is 1.76. The molecule has 0 amide bonds. The van der Waals surface area contributed by atoms with Crippen molar-refractivity contribution in [2.24, 2.45) is 5.73 Å². The highest BCUT2D eigenvalue weighted by atomic mass is 79.9. The zero-order valence-corrected chi connectivity index (χ0v) is 8.59. The summed E-state index contributed by atoms with van der Waals surface area (Å²) in [6.07, 6.45) is -0.266. The van der Waals surface area contributed by atoms with Crippen LogP contribution in [0.4, 0.5) is 4.39 Å². The van der Waals surface area contributed by atoms with Crippen LogP contribution in [0, 0.1) is 5.82 Å². The largest absolute Gasteiger partial charge is 0.388 e. The van der Waals surface area contributed by atoms with E-state index >= 15 is 0 Å². The molecule has 2 nitrogen and oxygen atoms in total. The Morgan fingerprint density at radius 3 is 2.85 bits per heavy atom. The van der Waals surface area contributed by atoms with Gasteiger partial charge in [-0.05, 0) is 36.7 Å². The van der Waals surface area contributed by atoms with Crippen molar-refractivity contribution in [2.45, 2.75) is 12.5 Å². The molecule has 0 aliphatic carbocycles. The Morgan fingerprint density at radius 2 is 2.23 bits per heavy atom. The molecule has 1 aromatic rings. The number of hydrogen-bond acceptors (Lipinski definition) is 2. The zero-order chi connectivity index (χ0) is 9.84. The summed E-state index contributed by atoms with van der Waals surface area (Å²) in [5.74, 6) is -0.353. The van der Waals surface area contributed by atoms with Gasteiger partial charge in [0.05, 0.1) is 6.10 Å². The third-order valence-corrected chi connectivity index (χ3v) is 2.48. The highest BCUT2D eigenvalue weighted by Gasteiger charge is 2.10. The van der Waals surface area contributed by atoms with Crippen LogP contribution in [0.2, 0.25) is 0 Å². The molecule has 0 bridgehead atoms. The highest BCUT2D eigenvalue weighted by molar-refractivity contribution is 9.10. The normalized spacial score (nSPS) is 12.9. The van der Waals surface area contributed by atoms with Crippen molar-refractivity contribution in [1.29, 1.82) is 0 Å². The molecule has 0 spiro atoms. The van der Waals surface area contributed by atoms with Crippen molar-refractivity contribution < 1.29 is 9.50 Å². The minimum atomic E-state index is -0.699. The van der Waals surface area contributed by atoms with E-state index in [1.807, 2.05) is 0 Å². The van der Waals surface area contributed by atoms with Gasteiger partial charge >= 0.3 is 0 Å². The van der Waals surface area contributed by atoms with E-state index in [1.165, 1.54) is 12.1 Å². The average Bonchev–Trinajstić information content (AvgIpc) is 2.09. The number of aliphatic hydroxyl groups excluding tert-OH is 1. The monoisotopic (exact) mass is 247 g/mol. The Labute approximate surface area is 84.7 Å². The summed E-state index contributed by atoms with van der Waals surface area (Å²) < 4.78 is 13.5. The van der Waals surface area contributed by atoms with Crippen molar-refractivity contribution in [3.63, 3.8) is 0 Å². The number of nitrogens with two attached hydrogens (primary N) is 1. The van der Waals surface area contributed by atoms with Crippen molar-refractivity contribution in [3.05, 3.63) is 34.1 Å². The summed E-state index contributed by atoms with van der Waals surface area (Å²) >= 11 is 3.23. The lowest BCUT2D eigenvalue weighted by atomic mass is 10.1. The summed E-state index contributed by atoms with van der Waals surface area (Å²) in [5.41, 5.74) is 5.83. The Morgan fingerprint density at radius 1 is 1.54 bits per heavy atom. The van der Waals surface area contributed by atoms with Crippen molar-refractivity contribution in [3.8, 4) is 0 Å². The molecular formula is C9H11BrFNO. The second kappa shape index (κ2) is 4.69. The molecular weight excluding hydrogens is 237 g/mol. The first kappa shape index (κ1) is 10.6. The summed E-state index contributed by atoms with van der Waals surface area (Å²) in [4.78, 5) is 0. The van der Waals surface area contributed by atoms with E-state index in [0.29, 0.717) is 23.0 Å². The van der Waals surface area contributed by atoms with Crippen LogP contribution < -0.4 is 5.73 Å². The SMILES string of the molecule is NCCC(O)c1cc(F)ccc1Br. The molecule has 0 fully saturated rings. The fourth-order valence-electron chi connectivity index (χ4n) is 1.08. The van der Waals surface area contributed by atoms with E-state index in [-0.39, 0.29) is 5.82 Å². The maximum absolute atomic E-state index is 12.8. The minimum Gasteiger partial charge on any atom is -0.388 e. The van der Waals surface area contributed by atoms with Gasteiger partial charge in [0, 0.05) is 4.47 Å². The number of benzene rings is 1. The number of hydrogen-bond donors (Lipinski definition) is 2. The van der Waals surface area contributed by atoms with Gasteiger partial charge < -0.3 is 10.8 Å². The van der Waals surface area contributed by atoms with E-state index in [2.05, 4.69) is 15.9 Å². The van der Waals surface area contributed by atoms with Crippen molar-refractivity contribution in [2.75, 3.05) is 6.54 Å². The first-order chi connectivity index (χ1) is 6.15. The number of rotatable bonds is 3. The van der Waals surface area contributed by atoms with E-state index in [0.717, 1.165) is 0 Å². The molecule has 0 radical (unpaired) electrons. The van der Waals surface area contributed by atoms with Gasteiger partial charge in [0.15, 0.2) is 0 Å². The van der Waals surface area contributed by atoms with Gasteiger partial charge in [-0.2, -0.15) is 0 Å². The molecule has 1 aromatic carbocycles. The van der Waals surface area contributed by atoms with Gasteiger partial charge in [0.1, 0.15) is 5.82 Å². The molecule has 1 rings (SSSR count). The van der Waals surface area contributed by atoms with E-state index in [1.54, 1.807) is 6.07 Å². The molecule has 4 heteroatoms. The molecule has 0 heterocycles. The zero-order valence-electron chi connectivity index (χ0n) is 7.00. The molecule has 0 aromatic heterocycles. The van der Waals surface area contributed by atoms with E-state index < -0.39 is 6.10 Å². The highest BCUT2D eigenvalue weighted by Crippen LogP contribution is 2.25. The van der Waals surface area contributed by atoms with Gasteiger partial charge in [0.25, 0.3) is 0 Å². The summed E-state index contributed by atoms with van der Waals surface area (Å²) in [5, 5.41) is 9.55. The van der Waals surface area contributed by atoms with Crippen molar-refractivity contribution >= 4 is 15.9 Å². The van der Waals surface area contributed by atoms with Gasteiger partial charge in [0.2, 0.25) is 0 Å². The van der Waals surface area contributed by atoms with Crippen LogP contribution in [0.5, 0.6) is 0 Å². The Balaban J connectivity index is 2.91. The van der Waals surface area contributed by atoms with Crippen LogP contribution in [-0.4, -0.2) is 11.7 Å². The molecule has 0 aliphatic rings. The molecule has 3 N–H and O–H groups in total. The average molecular weight is 248 g/mol. The molecule has 0 saturated heterocycles. The van der Waals surface area contributed by atoms with Crippen LogP contribution in [0.15, 0.2) is 22.7 Å². The van der Waals surface area contributed by atoms with Crippen LogP contribution in [0.25, 0.3) is 0 Å². The lowest BCUT2D eigenvalue weighted by Gasteiger charge is -2.11. The predicted molar refractivity (Wildman–Crippen MR) is 52.7 cm³/mol. The van der Waals surface area contributed by atoms with E-state index in [4.69, 9.17) is 5.73 Å². The summed E-state index contributed by atoms with van der Waals surface area (Å²) in [6, 6.07) is 4.22. The van der Waals surface area contributed by atoms with Gasteiger partial charge in [-0.1, -0.05) is 15.9 Å². The fourth-order valence-corrected chi connectivity index (χ4v) is 1.59. The molecule has 0 saturated carbocycles. The van der Waals surface area contributed by atoms with Crippen molar-refractivity contribution in [1.82, 2.24) is 0 Å². The number of halogens is 2. The molecule has 13 heavy (non-hydrogen) atoms. The first-order valence-corrected chi connectivity index (χ1v) is 4.77. The van der Waals surface area contributed by atoms with Crippen LogP contribution in [-0.2, 0) is 0 Å². The second-order valence-corrected chi connectivity index (χ2v) is 3.61. The minimum absolute atomic E-state index is 0.353. The quantitative estimate of drug-likeness (QED) is 0.858. The summed E-state index contributed by atoms with van der Waals surface area (Å²) in [7, 11) is 0. The van der Waals surface area contributed by atoms with Gasteiger partial charge in [-0.3, -0.25) is 0 Å². The van der Waals surface area contributed by atoms with Gasteiger partial charge in [-0.25, -0.2) is 4.39 Å². The molecule has 0 aliphatic heterocycles. The first-order valence-electron chi connectivity index (χ1n) is 3.98. The predicted octanol–water partition coefficient (Wildman–Crippen LogP) is 1.97. The smallest absolute Gasteiger partial charge is 0.123 e. The molecule has 72 valence electrons. The molecule has 1 unspecified atom stereocenters. The van der Waals surface area contributed by atoms with Crippen LogP contribution in [0.1, 0.15) is 18.1 Å². The Hall–Kier alpha value is -0.450. The lowest BCUT2D eigenvalue weighted by molar-refractivity contribution is 0.169. The van der Waals surface area contributed by atoms with Crippen LogP contribution in [0.3, 0.4) is 0 Å². The topological polar surface area (TPSA) is 46.2 Å². The third kappa shape index (κ3) is 2.76. The van der Waals surface area contributed by atoms with Crippen LogP contribution >= 0.6 is 15.9 Å². The standard InChI is InChI=1S/C9H11BrFNO/c10-8-2-1-6(11)5-7(8)9(13)3-4-12/h1-2,5,9,13H,3-4,12H2.